The van der Waals surface area contributed by atoms with Crippen molar-refractivity contribution in [2.24, 2.45) is 0 Å². The minimum atomic E-state index is -0.240. The van der Waals surface area contributed by atoms with Crippen molar-refractivity contribution in [3.8, 4) is 17.0 Å². The van der Waals surface area contributed by atoms with Crippen molar-refractivity contribution < 1.29 is 9.13 Å². The summed E-state index contributed by atoms with van der Waals surface area (Å²) in [7, 11) is 1.60. The van der Waals surface area contributed by atoms with Gasteiger partial charge < -0.3 is 10.5 Å². The summed E-state index contributed by atoms with van der Waals surface area (Å²) >= 11 is 1.65. The molecule has 0 aliphatic heterocycles. The van der Waals surface area contributed by atoms with Crippen molar-refractivity contribution in [2.45, 2.75) is 13.3 Å². The molecule has 0 radical (unpaired) electrons. The number of thiazole rings is 1. The second-order valence-corrected chi connectivity index (χ2v) is 6.56. The van der Waals surface area contributed by atoms with E-state index in [9.17, 15) is 4.39 Å². The first kappa shape index (κ1) is 15.5. The van der Waals surface area contributed by atoms with Crippen molar-refractivity contribution in [1.29, 1.82) is 0 Å². The molecule has 0 fully saturated rings. The van der Waals surface area contributed by atoms with E-state index in [0.717, 1.165) is 26.7 Å². The lowest BCUT2D eigenvalue weighted by atomic mass is 10.1. The van der Waals surface area contributed by atoms with Gasteiger partial charge in [-0.1, -0.05) is 6.07 Å². The lowest BCUT2D eigenvalue weighted by molar-refractivity contribution is 0.417. The van der Waals surface area contributed by atoms with Crippen molar-refractivity contribution in [2.75, 3.05) is 12.8 Å². The molecule has 2 N–H and O–H groups in total. The number of benzene rings is 2. The maximum Gasteiger partial charge on any atom is 0.141 e. The Morgan fingerprint density at radius 1 is 1.17 bits per heavy atom. The smallest absolute Gasteiger partial charge is 0.141 e. The van der Waals surface area contributed by atoms with Crippen LogP contribution in [0.4, 0.5) is 10.1 Å². The third kappa shape index (κ3) is 3.35. The summed E-state index contributed by atoms with van der Waals surface area (Å²) in [5, 5.41) is 1.01. The molecule has 2 aromatic carbocycles. The molecular formula is C18H17FN2OS. The van der Waals surface area contributed by atoms with Crippen LogP contribution in [-0.4, -0.2) is 12.1 Å². The number of hydrogen-bond donors (Lipinski definition) is 1. The Hall–Kier alpha value is -2.40. The van der Waals surface area contributed by atoms with Gasteiger partial charge in [0.1, 0.15) is 11.6 Å². The third-order valence-electron chi connectivity index (χ3n) is 3.61. The molecule has 118 valence electrons. The fourth-order valence-corrected chi connectivity index (χ4v) is 3.46. The van der Waals surface area contributed by atoms with E-state index in [4.69, 9.17) is 15.5 Å². The minimum Gasteiger partial charge on any atom is -0.495 e. The second-order valence-electron chi connectivity index (χ2n) is 5.27. The molecule has 0 aliphatic rings. The van der Waals surface area contributed by atoms with E-state index in [2.05, 4.69) is 0 Å². The SMILES string of the molecule is COc1ccc(Cc2nc(-c3ccc(F)cc3)c(C)s2)cc1N. The molecular weight excluding hydrogens is 311 g/mol. The summed E-state index contributed by atoms with van der Waals surface area (Å²) < 4.78 is 18.2. The van der Waals surface area contributed by atoms with Crippen LogP contribution in [-0.2, 0) is 6.42 Å². The predicted molar refractivity (Wildman–Crippen MR) is 92.5 cm³/mol. The highest BCUT2D eigenvalue weighted by Crippen LogP contribution is 2.30. The van der Waals surface area contributed by atoms with Gasteiger partial charge in [0.2, 0.25) is 0 Å². The number of nitrogens with two attached hydrogens (primary N) is 1. The van der Waals surface area contributed by atoms with E-state index >= 15 is 0 Å². The first-order chi connectivity index (χ1) is 11.1. The zero-order valence-electron chi connectivity index (χ0n) is 13.0. The van der Waals surface area contributed by atoms with Crippen LogP contribution in [0.3, 0.4) is 0 Å². The van der Waals surface area contributed by atoms with Crippen LogP contribution in [0, 0.1) is 12.7 Å². The zero-order chi connectivity index (χ0) is 16.4. The predicted octanol–water partition coefficient (Wildman–Crippen LogP) is 4.44. The molecule has 0 spiro atoms. The Kier molecular flexibility index (Phi) is 4.30. The maximum atomic E-state index is 13.1. The Balaban J connectivity index is 1.86. The summed E-state index contributed by atoms with van der Waals surface area (Å²) in [6, 6.07) is 12.2. The fourth-order valence-electron chi connectivity index (χ4n) is 2.47. The van der Waals surface area contributed by atoms with Gasteiger partial charge in [0.05, 0.1) is 23.5 Å². The summed E-state index contributed by atoms with van der Waals surface area (Å²) in [5.41, 5.74) is 9.50. The first-order valence-electron chi connectivity index (χ1n) is 7.21. The number of ether oxygens (including phenoxy) is 1. The molecule has 0 saturated carbocycles. The number of anilines is 1. The van der Waals surface area contributed by atoms with Gasteiger partial charge in [-0.25, -0.2) is 9.37 Å². The number of aryl methyl sites for hydroxylation is 1. The monoisotopic (exact) mass is 328 g/mol. The molecule has 3 rings (SSSR count). The second kappa shape index (κ2) is 6.38. The average molecular weight is 328 g/mol. The summed E-state index contributed by atoms with van der Waals surface area (Å²) in [6.07, 6.45) is 0.709. The average Bonchev–Trinajstić information content (AvgIpc) is 2.89. The van der Waals surface area contributed by atoms with Crippen LogP contribution >= 0.6 is 11.3 Å². The van der Waals surface area contributed by atoms with Crippen LogP contribution in [0.2, 0.25) is 0 Å². The number of hydrogen-bond acceptors (Lipinski definition) is 4. The van der Waals surface area contributed by atoms with E-state index < -0.39 is 0 Å². The van der Waals surface area contributed by atoms with Gasteiger partial charge in [-0.05, 0) is 48.9 Å². The molecule has 5 heteroatoms. The van der Waals surface area contributed by atoms with Gasteiger partial charge >= 0.3 is 0 Å². The van der Waals surface area contributed by atoms with Crippen LogP contribution in [0.5, 0.6) is 5.75 Å². The first-order valence-corrected chi connectivity index (χ1v) is 8.03. The number of nitrogens with zero attached hydrogens (tertiary/aromatic N) is 1. The van der Waals surface area contributed by atoms with E-state index in [-0.39, 0.29) is 5.82 Å². The van der Waals surface area contributed by atoms with Crippen molar-refractivity contribution in [1.82, 2.24) is 4.98 Å². The van der Waals surface area contributed by atoms with Crippen LogP contribution in [0.25, 0.3) is 11.3 Å². The summed E-state index contributed by atoms with van der Waals surface area (Å²) in [4.78, 5) is 5.82. The number of aromatic nitrogens is 1. The Labute approximate surface area is 138 Å². The molecule has 1 heterocycles. The number of nitrogen functional groups attached to an aromatic ring is 1. The van der Waals surface area contributed by atoms with E-state index in [1.807, 2.05) is 25.1 Å². The topological polar surface area (TPSA) is 48.1 Å². The van der Waals surface area contributed by atoms with Crippen molar-refractivity contribution in [3.05, 3.63) is 63.7 Å². The molecule has 1 aromatic heterocycles. The number of methoxy groups -OCH3 is 1. The van der Waals surface area contributed by atoms with Crippen LogP contribution in [0.15, 0.2) is 42.5 Å². The van der Waals surface area contributed by atoms with E-state index in [1.54, 1.807) is 30.6 Å². The zero-order valence-corrected chi connectivity index (χ0v) is 13.8. The largest absolute Gasteiger partial charge is 0.495 e. The molecule has 3 nitrogen and oxygen atoms in total. The lowest BCUT2D eigenvalue weighted by Crippen LogP contribution is -1.95. The highest BCUT2D eigenvalue weighted by molar-refractivity contribution is 7.12. The van der Waals surface area contributed by atoms with Gasteiger partial charge in [-0.2, -0.15) is 0 Å². The number of rotatable bonds is 4. The third-order valence-corrected chi connectivity index (χ3v) is 4.58. The quantitative estimate of drug-likeness (QED) is 0.720. The molecule has 0 amide bonds. The summed E-state index contributed by atoms with van der Waals surface area (Å²) in [6.45, 7) is 2.03. The van der Waals surface area contributed by atoms with Gasteiger partial charge in [0.25, 0.3) is 0 Å². The molecule has 0 unspecified atom stereocenters. The van der Waals surface area contributed by atoms with Gasteiger partial charge in [-0.3, -0.25) is 0 Å². The van der Waals surface area contributed by atoms with Gasteiger partial charge in [0, 0.05) is 16.9 Å². The van der Waals surface area contributed by atoms with Crippen molar-refractivity contribution >= 4 is 17.0 Å². The number of halogens is 1. The highest BCUT2D eigenvalue weighted by atomic mass is 32.1. The maximum absolute atomic E-state index is 13.1. The molecule has 0 aliphatic carbocycles. The standard InChI is InChI=1S/C18H17FN2OS/c1-11-18(13-4-6-14(19)7-5-13)21-17(23-11)10-12-3-8-16(22-2)15(20)9-12/h3-9H,10,20H2,1-2H3. The van der Waals surface area contributed by atoms with Gasteiger partial charge in [0.15, 0.2) is 0 Å². The Morgan fingerprint density at radius 2 is 1.91 bits per heavy atom. The normalized spacial score (nSPS) is 10.7. The molecule has 23 heavy (non-hydrogen) atoms. The van der Waals surface area contributed by atoms with Gasteiger partial charge in [-0.15, -0.1) is 11.3 Å². The Bertz CT molecular complexity index is 828. The minimum absolute atomic E-state index is 0.240. The van der Waals surface area contributed by atoms with E-state index in [0.29, 0.717) is 17.9 Å². The fraction of sp³-hybridized carbons (Fsp3) is 0.167. The highest BCUT2D eigenvalue weighted by Gasteiger charge is 2.11. The van der Waals surface area contributed by atoms with Crippen LogP contribution < -0.4 is 10.5 Å². The molecule has 3 aromatic rings. The molecule has 0 bridgehead atoms. The summed E-state index contributed by atoms with van der Waals surface area (Å²) in [5.74, 6) is 0.437. The lowest BCUT2D eigenvalue weighted by Gasteiger charge is -2.06. The molecule has 0 atom stereocenters. The molecule has 0 saturated heterocycles. The Morgan fingerprint density at radius 3 is 2.57 bits per heavy atom. The van der Waals surface area contributed by atoms with Crippen LogP contribution in [0.1, 0.15) is 15.4 Å². The van der Waals surface area contributed by atoms with E-state index in [1.165, 1.54) is 12.1 Å². The van der Waals surface area contributed by atoms with Crippen molar-refractivity contribution in [3.63, 3.8) is 0 Å².